The molecule has 1 aromatic carbocycles. The summed E-state index contributed by atoms with van der Waals surface area (Å²) in [5, 5.41) is 18.1. The van der Waals surface area contributed by atoms with Gasteiger partial charge >= 0.3 is 0 Å². The number of hydrazine groups is 1. The number of fused-ring (bicyclic) bond motifs is 5. The van der Waals surface area contributed by atoms with Gasteiger partial charge in [-0.25, -0.2) is 14.4 Å². The van der Waals surface area contributed by atoms with Crippen molar-refractivity contribution >= 4 is 11.6 Å². The molecular formula is C21H22FN7O. The van der Waals surface area contributed by atoms with Crippen LogP contribution in [0.25, 0.3) is 11.1 Å². The number of nitriles is 1. The molecular weight excluding hydrogens is 385 g/mol. The summed E-state index contributed by atoms with van der Waals surface area (Å²) >= 11 is 0. The van der Waals surface area contributed by atoms with E-state index >= 15 is 0 Å². The van der Waals surface area contributed by atoms with E-state index in [4.69, 9.17) is 10.5 Å². The predicted octanol–water partition coefficient (Wildman–Crippen LogP) is 3.01. The molecule has 0 amide bonds. The number of pyridine rings is 1. The van der Waals surface area contributed by atoms with E-state index in [1.807, 2.05) is 31.0 Å². The molecule has 1 aliphatic heterocycles. The molecule has 1 atom stereocenters. The topological polar surface area (TPSA) is 96.2 Å². The number of aromatic nitrogens is 3. The zero-order chi connectivity index (χ0) is 21.6. The van der Waals surface area contributed by atoms with Gasteiger partial charge in [0.05, 0.1) is 5.56 Å². The Balaban J connectivity index is 1.98. The minimum Gasteiger partial charge on any atom is -0.482 e. The monoisotopic (exact) mass is 407 g/mol. The molecule has 0 aliphatic carbocycles. The van der Waals surface area contributed by atoms with E-state index in [1.165, 1.54) is 16.8 Å². The summed E-state index contributed by atoms with van der Waals surface area (Å²) in [7, 11) is 5.49. The van der Waals surface area contributed by atoms with Gasteiger partial charge in [-0.3, -0.25) is 9.69 Å². The average molecular weight is 407 g/mol. The number of nitrogen functional groups attached to an aromatic ring is 1. The fourth-order valence-electron chi connectivity index (χ4n) is 3.67. The molecule has 0 radical (unpaired) electrons. The van der Waals surface area contributed by atoms with E-state index in [9.17, 15) is 9.65 Å². The first-order valence-corrected chi connectivity index (χ1v) is 9.43. The van der Waals surface area contributed by atoms with Gasteiger partial charge in [0.15, 0.2) is 17.4 Å². The molecule has 3 heterocycles. The Morgan fingerprint density at radius 3 is 2.77 bits per heavy atom. The second kappa shape index (κ2) is 7.31. The molecule has 154 valence electrons. The maximum absolute atomic E-state index is 14.0. The van der Waals surface area contributed by atoms with Crippen molar-refractivity contribution in [1.82, 2.24) is 19.8 Å². The van der Waals surface area contributed by atoms with Crippen LogP contribution in [0.4, 0.5) is 16.0 Å². The molecule has 0 spiro atoms. The molecule has 2 bridgehead atoms. The first-order valence-electron chi connectivity index (χ1n) is 9.43. The highest BCUT2D eigenvalue weighted by Gasteiger charge is 2.26. The van der Waals surface area contributed by atoms with E-state index in [0.717, 1.165) is 11.1 Å². The fraction of sp³-hybridized carbons (Fsp3) is 0.286. The van der Waals surface area contributed by atoms with Crippen molar-refractivity contribution in [1.29, 1.82) is 5.26 Å². The van der Waals surface area contributed by atoms with Crippen molar-refractivity contribution in [2.45, 2.75) is 19.6 Å². The molecule has 8 nitrogen and oxygen atoms in total. The second-order valence-electron chi connectivity index (χ2n) is 7.33. The number of rotatable bonds is 0. The number of hydrogen-bond donors (Lipinski definition) is 1. The van der Waals surface area contributed by atoms with Crippen molar-refractivity contribution in [3.05, 3.63) is 53.1 Å². The highest BCUT2D eigenvalue weighted by atomic mass is 19.1. The molecule has 2 N–H and O–H groups in total. The second-order valence-corrected chi connectivity index (χ2v) is 7.33. The van der Waals surface area contributed by atoms with Gasteiger partial charge in [-0.1, -0.05) is 6.07 Å². The van der Waals surface area contributed by atoms with E-state index in [-0.39, 0.29) is 11.6 Å². The van der Waals surface area contributed by atoms with E-state index in [2.05, 4.69) is 16.2 Å². The number of anilines is 2. The first-order chi connectivity index (χ1) is 14.3. The number of aryl methyl sites for hydroxylation is 1. The number of hydrogen-bond acceptors (Lipinski definition) is 7. The maximum atomic E-state index is 14.0. The maximum Gasteiger partial charge on any atom is 0.174 e. The van der Waals surface area contributed by atoms with Gasteiger partial charge in [0, 0.05) is 39.4 Å². The largest absolute Gasteiger partial charge is 0.482 e. The molecule has 30 heavy (non-hydrogen) atoms. The Hall–Kier alpha value is -3.64. The van der Waals surface area contributed by atoms with Gasteiger partial charge in [-0.15, -0.1) is 0 Å². The predicted molar refractivity (Wildman–Crippen MR) is 111 cm³/mol. The first kappa shape index (κ1) is 19.7. The van der Waals surface area contributed by atoms with Crippen molar-refractivity contribution in [2.24, 2.45) is 7.05 Å². The number of nitrogens with two attached hydrogens (primary N) is 1. The van der Waals surface area contributed by atoms with Crippen LogP contribution in [0.15, 0.2) is 30.5 Å². The Kier molecular flexibility index (Phi) is 4.79. The number of nitrogens with zero attached hydrogens (tertiary/aromatic N) is 6. The molecule has 0 fully saturated rings. The van der Waals surface area contributed by atoms with E-state index in [0.29, 0.717) is 34.9 Å². The fourth-order valence-corrected chi connectivity index (χ4v) is 3.67. The van der Waals surface area contributed by atoms with Gasteiger partial charge in [0.25, 0.3) is 0 Å². The Morgan fingerprint density at radius 1 is 1.27 bits per heavy atom. The lowest BCUT2D eigenvalue weighted by atomic mass is 10.0. The summed E-state index contributed by atoms with van der Waals surface area (Å²) in [6.45, 7) is 2.33. The van der Waals surface area contributed by atoms with Crippen molar-refractivity contribution in [2.75, 3.05) is 24.8 Å². The quantitative estimate of drug-likeness (QED) is 0.612. The van der Waals surface area contributed by atoms with Gasteiger partial charge in [0.1, 0.15) is 23.7 Å². The Bertz CT molecular complexity index is 1170. The summed E-state index contributed by atoms with van der Waals surface area (Å²) in [5.74, 6) is 0.838. The van der Waals surface area contributed by atoms with Crippen LogP contribution in [0.3, 0.4) is 0 Å². The molecule has 9 heteroatoms. The Morgan fingerprint density at radius 2 is 2.03 bits per heavy atom. The summed E-state index contributed by atoms with van der Waals surface area (Å²) in [6, 6.07) is 8.62. The summed E-state index contributed by atoms with van der Waals surface area (Å²) in [4.78, 5) is 4.26. The zero-order valence-electron chi connectivity index (χ0n) is 17.2. The lowest BCUT2D eigenvalue weighted by molar-refractivity contribution is 0.222. The van der Waals surface area contributed by atoms with Crippen LogP contribution < -0.4 is 15.5 Å². The van der Waals surface area contributed by atoms with Crippen LogP contribution >= 0.6 is 0 Å². The molecule has 2 aromatic heterocycles. The minimum atomic E-state index is -0.461. The smallest absolute Gasteiger partial charge is 0.174 e. The summed E-state index contributed by atoms with van der Waals surface area (Å²) in [5.41, 5.74) is 9.38. The van der Waals surface area contributed by atoms with E-state index < -0.39 is 6.10 Å². The van der Waals surface area contributed by atoms with Crippen LogP contribution in [0.1, 0.15) is 29.8 Å². The van der Waals surface area contributed by atoms with Gasteiger partial charge in [-0.2, -0.15) is 10.4 Å². The Labute approximate surface area is 173 Å². The van der Waals surface area contributed by atoms with Gasteiger partial charge in [-0.05, 0) is 36.2 Å². The van der Waals surface area contributed by atoms with Crippen molar-refractivity contribution in [3.8, 4) is 22.9 Å². The summed E-state index contributed by atoms with van der Waals surface area (Å²) < 4.78 is 21.7. The third kappa shape index (κ3) is 3.21. The van der Waals surface area contributed by atoms with Gasteiger partial charge in [0.2, 0.25) is 0 Å². The average Bonchev–Trinajstić information content (AvgIpc) is 3.05. The number of benzene rings is 1. The van der Waals surface area contributed by atoms with Crippen molar-refractivity contribution in [3.63, 3.8) is 0 Å². The standard InChI is InChI=1S/C21H22FN7O/c1-12-16-8-15(22)6-5-13(16)11-27(2)29(4)21-19(17(9-23)28(3)26-21)14-7-18(30-12)20(24)25-10-14/h5-8,10,12H,11H2,1-4H3,(H2,24,25)/t12-/m1/s1. The van der Waals surface area contributed by atoms with Crippen LogP contribution in [-0.2, 0) is 13.6 Å². The molecule has 0 saturated carbocycles. The third-order valence-corrected chi connectivity index (χ3v) is 5.37. The number of halogens is 1. The zero-order valence-corrected chi connectivity index (χ0v) is 17.2. The van der Waals surface area contributed by atoms with Crippen LogP contribution in [0.5, 0.6) is 5.75 Å². The SMILES string of the molecule is C[C@H]1Oc2cc(cnc2N)-c2c(nn(C)c2C#N)N(C)N(C)Cc2ccc(F)cc21. The van der Waals surface area contributed by atoms with Crippen molar-refractivity contribution < 1.29 is 9.13 Å². The molecule has 1 aliphatic rings. The molecule has 0 saturated heterocycles. The molecule has 3 aromatic rings. The molecule has 0 unspecified atom stereocenters. The third-order valence-electron chi connectivity index (χ3n) is 5.37. The van der Waals surface area contributed by atoms with Crippen LogP contribution in [-0.4, -0.2) is 33.9 Å². The lowest BCUT2D eigenvalue weighted by Gasteiger charge is -2.31. The highest BCUT2D eigenvalue weighted by Crippen LogP contribution is 2.38. The number of ether oxygens (including phenoxy) is 1. The highest BCUT2D eigenvalue weighted by molar-refractivity contribution is 5.81. The lowest BCUT2D eigenvalue weighted by Crippen LogP contribution is -2.37. The minimum absolute atomic E-state index is 0.218. The van der Waals surface area contributed by atoms with E-state index in [1.54, 1.807) is 25.4 Å². The van der Waals surface area contributed by atoms with Gasteiger partial charge < -0.3 is 10.5 Å². The van der Waals surface area contributed by atoms with Crippen LogP contribution in [0, 0.1) is 17.1 Å². The normalized spacial score (nSPS) is 16.5. The van der Waals surface area contributed by atoms with Crippen LogP contribution in [0.2, 0.25) is 0 Å². The summed E-state index contributed by atoms with van der Waals surface area (Å²) in [6.07, 6.45) is 1.14. The molecule has 4 rings (SSSR count).